The number of aromatic amines is 1. The van der Waals surface area contributed by atoms with Crippen molar-refractivity contribution >= 4 is 32.5 Å². The number of rotatable bonds is 4. The van der Waals surface area contributed by atoms with E-state index in [0.717, 1.165) is 10.4 Å². The number of hydrogen-bond donors (Lipinski definition) is 3. The summed E-state index contributed by atoms with van der Waals surface area (Å²) in [4.78, 5) is 15.3. The maximum atomic E-state index is 13.4. The highest BCUT2D eigenvalue weighted by Crippen LogP contribution is 2.28. The third-order valence-electron chi connectivity index (χ3n) is 4.59. The predicted molar refractivity (Wildman–Crippen MR) is 97.3 cm³/mol. The summed E-state index contributed by atoms with van der Waals surface area (Å²) in [6.07, 6.45) is 0.759. The Balaban J connectivity index is 1.73. The van der Waals surface area contributed by atoms with Crippen LogP contribution in [0.3, 0.4) is 0 Å². The zero-order chi connectivity index (χ0) is 20.9. The zero-order valence-corrected chi connectivity index (χ0v) is 15.4. The summed E-state index contributed by atoms with van der Waals surface area (Å²) in [5, 5.41) is 12.0. The highest BCUT2D eigenvalue weighted by atomic mass is 32.2. The number of fused-ring (bicyclic) bond motifs is 1. The van der Waals surface area contributed by atoms with Crippen molar-refractivity contribution in [3.63, 3.8) is 0 Å². The van der Waals surface area contributed by atoms with Gasteiger partial charge in [0.25, 0.3) is 5.91 Å². The Hall–Kier alpha value is -2.89. The topological polar surface area (TPSA) is 102 Å². The van der Waals surface area contributed by atoms with Gasteiger partial charge in [-0.1, -0.05) is 0 Å². The Kier molecular flexibility index (Phi) is 4.60. The summed E-state index contributed by atoms with van der Waals surface area (Å²) in [5.41, 5.74) is -0.101. The largest absolute Gasteiger partial charge is 0.390 e. The van der Waals surface area contributed by atoms with E-state index in [-0.39, 0.29) is 29.2 Å². The second kappa shape index (κ2) is 6.87. The van der Waals surface area contributed by atoms with Gasteiger partial charge in [0.1, 0.15) is 0 Å². The zero-order valence-electron chi connectivity index (χ0n) is 14.6. The standard InChI is InChI=1S/C18H14F3N3O4S/c19-14-4-10(5-15(20)16(14)21)23-18(26)13-6-12(3-9-1-2-22-17(9)13)29(27,28)24-7-11(25)8-24/h1-6,11,22,25H,7-8H2,(H,23,26). The number of carbonyl (C=O) groups is 1. The van der Waals surface area contributed by atoms with E-state index in [1.165, 1.54) is 12.3 Å². The molecule has 0 aliphatic carbocycles. The fourth-order valence-corrected chi connectivity index (χ4v) is 4.64. The molecule has 0 spiro atoms. The number of halogens is 3. The lowest BCUT2D eigenvalue weighted by molar-refractivity contribution is 0.0548. The van der Waals surface area contributed by atoms with Gasteiger partial charge in [-0.25, -0.2) is 21.6 Å². The molecule has 0 saturated carbocycles. The minimum atomic E-state index is -3.94. The third kappa shape index (κ3) is 3.37. The lowest BCUT2D eigenvalue weighted by Gasteiger charge is -2.34. The van der Waals surface area contributed by atoms with Gasteiger partial charge in [-0.05, 0) is 18.2 Å². The molecule has 2 aromatic carbocycles. The van der Waals surface area contributed by atoms with Gasteiger partial charge in [-0.3, -0.25) is 4.79 Å². The van der Waals surface area contributed by atoms with E-state index in [4.69, 9.17) is 0 Å². The number of aliphatic hydroxyl groups is 1. The normalized spacial score (nSPS) is 15.4. The van der Waals surface area contributed by atoms with Gasteiger partial charge < -0.3 is 15.4 Å². The van der Waals surface area contributed by atoms with Crippen LogP contribution in [0.25, 0.3) is 10.9 Å². The average Bonchev–Trinajstić information content (AvgIpc) is 3.11. The molecule has 0 unspecified atom stereocenters. The van der Waals surface area contributed by atoms with Crippen LogP contribution in [0.1, 0.15) is 10.4 Å². The lowest BCUT2D eigenvalue weighted by atomic mass is 10.1. The molecule has 1 saturated heterocycles. The molecule has 0 radical (unpaired) electrons. The Morgan fingerprint density at radius 3 is 2.41 bits per heavy atom. The molecule has 1 fully saturated rings. The number of β-amino-alcohol motifs (C(OH)–C–C–N with tert-alkyl or cyclic N) is 1. The Morgan fingerprint density at radius 2 is 1.79 bits per heavy atom. The first-order valence-corrected chi connectivity index (χ1v) is 9.86. The number of nitrogens with one attached hydrogen (secondary N) is 2. The number of nitrogens with zero attached hydrogens (tertiary/aromatic N) is 1. The van der Waals surface area contributed by atoms with Gasteiger partial charge in [-0.15, -0.1) is 0 Å². The van der Waals surface area contributed by atoms with Crippen molar-refractivity contribution in [1.29, 1.82) is 0 Å². The highest BCUT2D eigenvalue weighted by molar-refractivity contribution is 7.89. The molecule has 4 rings (SSSR count). The summed E-state index contributed by atoms with van der Waals surface area (Å²) >= 11 is 0. The van der Waals surface area contributed by atoms with Crippen molar-refractivity contribution in [2.24, 2.45) is 0 Å². The number of H-pyrrole nitrogens is 1. The SMILES string of the molecule is O=C(Nc1cc(F)c(F)c(F)c1)c1cc(S(=O)(=O)N2CC(O)C2)cc2cc[nH]c12. The molecule has 1 aliphatic rings. The molecule has 11 heteroatoms. The number of carbonyl (C=O) groups excluding carboxylic acids is 1. The lowest BCUT2D eigenvalue weighted by Crippen LogP contribution is -2.53. The average molecular weight is 425 g/mol. The summed E-state index contributed by atoms with van der Waals surface area (Å²) in [6.45, 7) is -0.105. The van der Waals surface area contributed by atoms with Crippen LogP contribution in [0.5, 0.6) is 0 Å². The van der Waals surface area contributed by atoms with Crippen molar-refractivity contribution in [3.05, 3.63) is 59.5 Å². The molecule has 3 aromatic rings. The monoisotopic (exact) mass is 425 g/mol. The second-order valence-corrected chi connectivity index (χ2v) is 8.53. The Bertz CT molecular complexity index is 1210. The number of aliphatic hydroxyl groups excluding tert-OH is 1. The van der Waals surface area contributed by atoms with Gasteiger partial charge in [-0.2, -0.15) is 4.31 Å². The van der Waals surface area contributed by atoms with Gasteiger partial charge in [0.15, 0.2) is 17.5 Å². The predicted octanol–water partition coefficient (Wildman–Crippen LogP) is 2.20. The van der Waals surface area contributed by atoms with Crippen LogP contribution in [-0.2, 0) is 10.0 Å². The van der Waals surface area contributed by atoms with E-state index in [2.05, 4.69) is 10.3 Å². The maximum Gasteiger partial charge on any atom is 0.257 e. The van der Waals surface area contributed by atoms with Crippen LogP contribution >= 0.6 is 0 Å². The van der Waals surface area contributed by atoms with E-state index in [9.17, 15) is 31.5 Å². The minimum absolute atomic E-state index is 0.0524. The van der Waals surface area contributed by atoms with Gasteiger partial charge in [0.2, 0.25) is 10.0 Å². The van der Waals surface area contributed by atoms with Crippen LogP contribution in [0.2, 0.25) is 0 Å². The Labute approximate surface area is 162 Å². The quantitative estimate of drug-likeness (QED) is 0.558. The van der Waals surface area contributed by atoms with Gasteiger partial charge in [0, 0.05) is 42.5 Å². The Morgan fingerprint density at radius 1 is 1.14 bits per heavy atom. The van der Waals surface area contributed by atoms with Crippen molar-refractivity contribution in [2.45, 2.75) is 11.0 Å². The van der Waals surface area contributed by atoms with Gasteiger partial charge in [0.05, 0.1) is 22.1 Å². The van der Waals surface area contributed by atoms with E-state index >= 15 is 0 Å². The first kappa shape index (κ1) is 19.4. The molecule has 7 nitrogen and oxygen atoms in total. The molecule has 3 N–H and O–H groups in total. The number of anilines is 1. The van der Waals surface area contributed by atoms with Crippen LogP contribution in [0, 0.1) is 17.5 Å². The van der Waals surface area contributed by atoms with Gasteiger partial charge >= 0.3 is 0 Å². The number of amides is 1. The van der Waals surface area contributed by atoms with E-state index in [1.807, 2.05) is 0 Å². The smallest absolute Gasteiger partial charge is 0.257 e. The van der Waals surface area contributed by atoms with E-state index < -0.39 is 39.5 Å². The first-order valence-electron chi connectivity index (χ1n) is 8.42. The molecular formula is C18H14F3N3O4S. The number of hydrogen-bond acceptors (Lipinski definition) is 4. The third-order valence-corrected chi connectivity index (χ3v) is 6.40. The molecule has 1 aromatic heterocycles. The first-order chi connectivity index (χ1) is 13.7. The molecule has 2 heterocycles. The van der Waals surface area contributed by atoms with Crippen molar-refractivity contribution in [2.75, 3.05) is 18.4 Å². The number of benzene rings is 2. The number of sulfonamides is 1. The molecule has 29 heavy (non-hydrogen) atoms. The van der Waals surface area contributed by atoms with E-state index in [0.29, 0.717) is 23.0 Å². The summed E-state index contributed by atoms with van der Waals surface area (Å²) < 4.78 is 66.4. The molecule has 0 bridgehead atoms. The minimum Gasteiger partial charge on any atom is -0.390 e. The molecule has 0 atom stereocenters. The van der Waals surface area contributed by atoms with Crippen molar-refractivity contribution < 1.29 is 31.5 Å². The van der Waals surface area contributed by atoms with Crippen molar-refractivity contribution in [1.82, 2.24) is 9.29 Å². The molecular weight excluding hydrogens is 411 g/mol. The second-order valence-electron chi connectivity index (χ2n) is 6.60. The summed E-state index contributed by atoms with van der Waals surface area (Å²) in [6, 6.07) is 5.30. The van der Waals surface area contributed by atoms with Crippen LogP contribution in [0.15, 0.2) is 41.4 Å². The summed E-state index contributed by atoms with van der Waals surface area (Å²) in [5.74, 6) is -5.46. The summed E-state index contributed by atoms with van der Waals surface area (Å²) in [7, 11) is -3.94. The van der Waals surface area contributed by atoms with Crippen LogP contribution in [0.4, 0.5) is 18.9 Å². The maximum absolute atomic E-state index is 13.4. The molecule has 1 amide bonds. The van der Waals surface area contributed by atoms with Crippen molar-refractivity contribution in [3.8, 4) is 0 Å². The van der Waals surface area contributed by atoms with Crippen LogP contribution < -0.4 is 5.32 Å². The fourth-order valence-electron chi connectivity index (χ4n) is 3.06. The number of aromatic nitrogens is 1. The van der Waals surface area contributed by atoms with Crippen LogP contribution in [-0.4, -0.2) is 47.9 Å². The van der Waals surface area contributed by atoms with E-state index in [1.54, 1.807) is 6.07 Å². The highest BCUT2D eigenvalue weighted by Gasteiger charge is 2.36. The molecule has 1 aliphatic heterocycles. The molecule has 152 valence electrons. The fraction of sp³-hybridized carbons (Fsp3) is 0.167.